The third-order valence-corrected chi connectivity index (χ3v) is 4.26. The van der Waals surface area contributed by atoms with Gasteiger partial charge in [-0.25, -0.2) is 4.98 Å². The Hall–Kier alpha value is -0.750. The standard InChI is InChI=1S/C10H17N3OS2/c1-6(2)7(3)13-8(14)5-15-9-4-12-10(11)16-9/h4,6-7H,5H2,1-3H3,(H2,11,12)(H,13,14). The van der Waals surface area contributed by atoms with E-state index in [9.17, 15) is 4.79 Å². The molecule has 0 aliphatic carbocycles. The molecule has 1 rings (SSSR count). The lowest BCUT2D eigenvalue weighted by Gasteiger charge is -2.16. The van der Waals surface area contributed by atoms with Gasteiger partial charge in [0.1, 0.15) is 0 Å². The number of amides is 1. The Balaban J connectivity index is 2.30. The highest BCUT2D eigenvalue weighted by Crippen LogP contribution is 2.25. The van der Waals surface area contributed by atoms with Crippen molar-refractivity contribution in [3.8, 4) is 0 Å². The maximum absolute atomic E-state index is 11.6. The second-order valence-corrected chi connectivity index (χ2v) is 6.24. The molecule has 0 spiro atoms. The van der Waals surface area contributed by atoms with Crippen LogP contribution in [0.1, 0.15) is 20.8 Å². The normalized spacial score (nSPS) is 12.8. The van der Waals surface area contributed by atoms with Crippen LogP contribution in [0.15, 0.2) is 10.4 Å². The molecule has 6 heteroatoms. The zero-order valence-electron chi connectivity index (χ0n) is 9.69. The molecule has 1 atom stereocenters. The van der Waals surface area contributed by atoms with E-state index in [1.165, 1.54) is 23.1 Å². The average Bonchev–Trinajstić information content (AvgIpc) is 2.61. The first-order chi connectivity index (χ1) is 7.49. The zero-order valence-corrected chi connectivity index (χ0v) is 11.3. The molecule has 1 unspecified atom stereocenters. The van der Waals surface area contributed by atoms with E-state index in [1.54, 1.807) is 6.20 Å². The second kappa shape index (κ2) is 6.10. The number of nitrogens with zero attached hydrogens (tertiary/aromatic N) is 1. The molecule has 3 N–H and O–H groups in total. The molecule has 1 aromatic heterocycles. The number of aromatic nitrogens is 1. The van der Waals surface area contributed by atoms with Crippen molar-refractivity contribution < 1.29 is 4.79 Å². The van der Waals surface area contributed by atoms with Crippen LogP contribution in [0.2, 0.25) is 0 Å². The van der Waals surface area contributed by atoms with Gasteiger partial charge in [-0.1, -0.05) is 25.2 Å². The van der Waals surface area contributed by atoms with Gasteiger partial charge in [0.25, 0.3) is 0 Å². The van der Waals surface area contributed by atoms with Gasteiger partial charge in [-0.15, -0.1) is 11.8 Å². The smallest absolute Gasteiger partial charge is 0.230 e. The van der Waals surface area contributed by atoms with E-state index in [0.717, 1.165) is 4.21 Å². The number of hydrogen-bond acceptors (Lipinski definition) is 5. The molecule has 0 aliphatic rings. The van der Waals surface area contributed by atoms with Crippen LogP contribution in [0.25, 0.3) is 0 Å². The summed E-state index contributed by atoms with van der Waals surface area (Å²) in [6.07, 6.45) is 1.70. The van der Waals surface area contributed by atoms with Gasteiger partial charge in [0.05, 0.1) is 16.2 Å². The largest absolute Gasteiger partial charge is 0.375 e. The van der Waals surface area contributed by atoms with Crippen LogP contribution in [-0.4, -0.2) is 22.7 Å². The number of thioether (sulfide) groups is 1. The molecule has 4 nitrogen and oxygen atoms in total. The van der Waals surface area contributed by atoms with Gasteiger partial charge in [-0.05, 0) is 12.8 Å². The van der Waals surface area contributed by atoms with Gasteiger partial charge in [0, 0.05) is 6.04 Å². The first-order valence-corrected chi connectivity index (χ1v) is 6.92. The minimum Gasteiger partial charge on any atom is -0.375 e. The minimum atomic E-state index is 0.0539. The minimum absolute atomic E-state index is 0.0539. The predicted octanol–water partition coefficient (Wildman–Crippen LogP) is 1.98. The lowest BCUT2D eigenvalue weighted by atomic mass is 10.1. The second-order valence-electron chi connectivity index (χ2n) is 3.91. The molecule has 0 aromatic carbocycles. The van der Waals surface area contributed by atoms with Crippen molar-refractivity contribution in [2.75, 3.05) is 11.5 Å². The SMILES string of the molecule is CC(C)C(C)NC(=O)CSc1cnc(N)s1. The molecule has 0 saturated carbocycles. The molecule has 1 heterocycles. The van der Waals surface area contributed by atoms with E-state index in [4.69, 9.17) is 5.73 Å². The van der Waals surface area contributed by atoms with Crippen LogP contribution >= 0.6 is 23.1 Å². The van der Waals surface area contributed by atoms with Gasteiger partial charge in [-0.3, -0.25) is 4.79 Å². The van der Waals surface area contributed by atoms with E-state index < -0.39 is 0 Å². The quantitative estimate of drug-likeness (QED) is 0.793. The first kappa shape index (κ1) is 13.3. The van der Waals surface area contributed by atoms with Gasteiger partial charge >= 0.3 is 0 Å². The molecule has 0 bridgehead atoms. The molecule has 90 valence electrons. The van der Waals surface area contributed by atoms with E-state index in [2.05, 4.69) is 24.1 Å². The molecular weight excluding hydrogens is 242 g/mol. The van der Waals surface area contributed by atoms with Crippen molar-refractivity contribution in [1.82, 2.24) is 10.3 Å². The van der Waals surface area contributed by atoms with Crippen molar-refractivity contribution in [2.24, 2.45) is 5.92 Å². The molecule has 0 aliphatic heterocycles. The van der Waals surface area contributed by atoms with Crippen LogP contribution in [0.4, 0.5) is 5.13 Å². The number of nitrogen functional groups attached to an aromatic ring is 1. The molecular formula is C10H17N3OS2. The summed E-state index contributed by atoms with van der Waals surface area (Å²) in [4.78, 5) is 15.5. The number of carbonyl (C=O) groups is 1. The Morgan fingerprint density at radius 3 is 2.81 bits per heavy atom. The van der Waals surface area contributed by atoms with E-state index >= 15 is 0 Å². The van der Waals surface area contributed by atoms with Crippen molar-refractivity contribution in [1.29, 1.82) is 0 Å². The van der Waals surface area contributed by atoms with Gasteiger partial charge in [0.2, 0.25) is 5.91 Å². The summed E-state index contributed by atoms with van der Waals surface area (Å²) in [6.45, 7) is 6.18. The highest BCUT2D eigenvalue weighted by Gasteiger charge is 2.11. The summed E-state index contributed by atoms with van der Waals surface area (Å²) in [5, 5.41) is 3.49. The van der Waals surface area contributed by atoms with Crippen LogP contribution in [0.5, 0.6) is 0 Å². The fourth-order valence-corrected chi connectivity index (χ4v) is 2.51. The fraction of sp³-hybridized carbons (Fsp3) is 0.600. The Kier molecular flexibility index (Phi) is 5.08. The summed E-state index contributed by atoms with van der Waals surface area (Å²) < 4.78 is 0.977. The number of hydrogen-bond donors (Lipinski definition) is 2. The number of nitrogens with two attached hydrogens (primary N) is 1. The summed E-state index contributed by atoms with van der Waals surface area (Å²) in [6, 6.07) is 0.208. The van der Waals surface area contributed by atoms with Crippen molar-refractivity contribution in [3.63, 3.8) is 0 Å². The third kappa shape index (κ3) is 4.40. The predicted molar refractivity (Wildman–Crippen MR) is 69.7 cm³/mol. The highest BCUT2D eigenvalue weighted by atomic mass is 32.2. The molecule has 1 amide bonds. The summed E-state index contributed by atoms with van der Waals surface area (Å²) in [7, 11) is 0. The maximum Gasteiger partial charge on any atom is 0.230 e. The van der Waals surface area contributed by atoms with E-state index in [0.29, 0.717) is 16.8 Å². The van der Waals surface area contributed by atoms with Gasteiger partial charge in [0.15, 0.2) is 5.13 Å². The number of anilines is 1. The molecule has 0 fully saturated rings. The third-order valence-electron chi connectivity index (χ3n) is 2.24. The fourth-order valence-electron chi connectivity index (χ4n) is 0.938. The van der Waals surface area contributed by atoms with E-state index in [-0.39, 0.29) is 11.9 Å². The Bertz CT molecular complexity index is 352. The van der Waals surface area contributed by atoms with Crippen molar-refractivity contribution in [2.45, 2.75) is 31.0 Å². The Morgan fingerprint density at radius 2 is 2.31 bits per heavy atom. The maximum atomic E-state index is 11.6. The summed E-state index contributed by atoms with van der Waals surface area (Å²) >= 11 is 2.87. The first-order valence-electron chi connectivity index (χ1n) is 5.12. The van der Waals surface area contributed by atoms with Gasteiger partial charge < -0.3 is 11.1 Å². The molecule has 0 radical (unpaired) electrons. The molecule has 0 saturated heterocycles. The monoisotopic (exact) mass is 259 g/mol. The topological polar surface area (TPSA) is 68.0 Å². The van der Waals surface area contributed by atoms with Crippen LogP contribution in [-0.2, 0) is 4.79 Å². The van der Waals surface area contributed by atoms with Crippen LogP contribution in [0, 0.1) is 5.92 Å². The average molecular weight is 259 g/mol. The molecule has 1 aromatic rings. The van der Waals surface area contributed by atoms with E-state index in [1.807, 2.05) is 6.92 Å². The van der Waals surface area contributed by atoms with Gasteiger partial charge in [-0.2, -0.15) is 0 Å². The highest BCUT2D eigenvalue weighted by molar-refractivity contribution is 8.01. The summed E-state index contributed by atoms with van der Waals surface area (Å²) in [5.41, 5.74) is 5.50. The Morgan fingerprint density at radius 1 is 1.62 bits per heavy atom. The lowest BCUT2D eigenvalue weighted by Crippen LogP contribution is -2.37. The van der Waals surface area contributed by atoms with Crippen molar-refractivity contribution >= 4 is 34.1 Å². The summed E-state index contributed by atoms with van der Waals surface area (Å²) in [5.74, 6) is 0.921. The number of rotatable bonds is 5. The van der Waals surface area contributed by atoms with Crippen LogP contribution in [0.3, 0.4) is 0 Å². The molecule has 16 heavy (non-hydrogen) atoms. The lowest BCUT2D eigenvalue weighted by molar-refractivity contribution is -0.119. The zero-order chi connectivity index (χ0) is 12.1. The number of nitrogens with one attached hydrogen (secondary N) is 1. The number of carbonyl (C=O) groups excluding carboxylic acids is 1. The number of thiazole rings is 1. The van der Waals surface area contributed by atoms with Crippen molar-refractivity contribution in [3.05, 3.63) is 6.20 Å². The Labute approximate surface area is 104 Å². The van der Waals surface area contributed by atoms with Crippen LogP contribution < -0.4 is 11.1 Å².